The molecular weight excluding hydrogens is 250 g/mol. The molecule has 2 aliphatic rings. The summed E-state index contributed by atoms with van der Waals surface area (Å²) in [6.07, 6.45) is 5.56. The highest BCUT2D eigenvalue weighted by atomic mass is 16.3. The normalized spacial score (nSPS) is 27.9. The van der Waals surface area contributed by atoms with Crippen LogP contribution in [0.15, 0.2) is 24.3 Å². The number of carbonyl (C=O) groups excluding carboxylic acids is 1. The summed E-state index contributed by atoms with van der Waals surface area (Å²) in [5, 5.41) is 13.3. The van der Waals surface area contributed by atoms with Gasteiger partial charge in [-0.15, -0.1) is 0 Å². The molecule has 1 saturated carbocycles. The molecular formula is C17H23NO2. The van der Waals surface area contributed by atoms with Gasteiger partial charge in [0.2, 0.25) is 5.91 Å². The molecule has 0 unspecified atom stereocenters. The molecule has 0 aliphatic heterocycles. The Morgan fingerprint density at radius 1 is 1.25 bits per heavy atom. The predicted octanol–water partition coefficient (Wildman–Crippen LogP) is 2.73. The molecule has 3 nitrogen and oxygen atoms in total. The Morgan fingerprint density at radius 3 is 2.70 bits per heavy atom. The molecule has 2 aliphatic carbocycles. The van der Waals surface area contributed by atoms with E-state index in [0.29, 0.717) is 6.42 Å². The van der Waals surface area contributed by atoms with Crippen LogP contribution in [0.5, 0.6) is 0 Å². The number of nitrogens with one attached hydrogen (secondary N) is 1. The summed E-state index contributed by atoms with van der Waals surface area (Å²) in [4.78, 5) is 12.6. The maximum atomic E-state index is 12.6. The Labute approximate surface area is 120 Å². The van der Waals surface area contributed by atoms with Gasteiger partial charge in [-0.05, 0) is 24.0 Å². The second-order valence-electron chi connectivity index (χ2n) is 6.54. The third-order valence-electron chi connectivity index (χ3n) is 5.00. The van der Waals surface area contributed by atoms with Crippen LogP contribution in [-0.4, -0.2) is 17.1 Å². The Kier molecular flexibility index (Phi) is 3.55. The fraction of sp³-hybridized carbons (Fsp3) is 0.588. The monoisotopic (exact) mass is 273 g/mol. The van der Waals surface area contributed by atoms with Crippen LogP contribution in [0.3, 0.4) is 0 Å². The molecule has 0 heterocycles. The molecule has 108 valence electrons. The molecule has 0 bridgehead atoms. The Morgan fingerprint density at radius 2 is 1.95 bits per heavy atom. The molecule has 0 aromatic heterocycles. The number of fused-ring (bicyclic) bond motifs is 1. The first-order valence-corrected chi connectivity index (χ1v) is 7.67. The smallest absolute Gasteiger partial charge is 0.226 e. The number of rotatable bonds is 2. The summed E-state index contributed by atoms with van der Waals surface area (Å²) < 4.78 is 0. The van der Waals surface area contributed by atoms with Crippen molar-refractivity contribution in [2.75, 3.05) is 0 Å². The average Bonchev–Trinajstić information content (AvgIpc) is 2.76. The summed E-state index contributed by atoms with van der Waals surface area (Å²) in [7, 11) is 0. The van der Waals surface area contributed by atoms with Gasteiger partial charge in [0.1, 0.15) is 0 Å². The third-order valence-corrected chi connectivity index (χ3v) is 5.00. The van der Waals surface area contributed by atoms with Gasteiger partial charge in [0, 0.05) is 11.8 Å². The van der Waals surface area contributed by atoms with Crippen LogP contribution in [0.2, 0.25) is 0 Å². The van der Waals surface area contributed by atoms with E-state index in [2.05, 4.69) is 12.2 Å². The van der Waals surface area contributed by atoms with Gasteiger partial charge in [-0.2, -0.15) is 0 Å². The first-order valence-electron chi connectivity index (χ1n) is 7.67. The van der Waals surface area contributed by atoms with Crippen LogP contribution in [-0.2, 0) is 11.2 Å². The van der Waals surface area contributed by atoms with Crippen LogP contribution in [0.4, 0.5) is 0 Å². The van der Waals surface area contributed by atoms with E-state index >= 15 is 0 Å². The molecule has 0 radical (unpaired) electrons. The summed E-state index contributed by atoms with van der Waals surface area (Å²) in [5.41, 5.74) is 1.97. The number of benzene rings is 1. The molecule has 1 amide bonds. The minimum atomic E-state index is -0.497. The topological polar surface area (TPSA) is 49.3 Å². The van der Waals surface area contributed by atoms with E-state index in [1.54, 1.807) is 0 Å². The highest BCUT2D eigenvalue weighted by Gasteiger charge is 2.39. The Bertz CT molecular complexity index is 505. The van der Waals surface area contributed by atoms with Crippen molar-refractivity contribution in [2.45, 2.75) is 57.6 Å². The largest absolute Gasteiger partial charge is 0.390 e. The lowest BCUT2D eigenvalue weighted by Gasteiger charge is -2.33. The van der Waals surface area contributed by atoms with Crippen molar-refractivity contribution in [2.24, 2.45) is 5.41 Å². The molecule has 3 heteroatoms. The predicted molar refractivity (Wildman–Crippen MR) is 78.2 cm³/mol. The van der Waals surface area contributed by atoms with E-state index in [1.165, 1.54) is 6.42 Å². The molecule has 20 heavy (non-hydrogen) atoms. The number of hydrogen-bond donors (Lipinski definition) is 2. The highest BCUT2D eigenvalue weighted by Crippen LogP contribution is 2.38. The molecule has 1 aromatic rings. The lowest BCUT2D eigenvalue weighted by molar-refractivity contribution is -0.133. The van der Waals surface area contributed by atoms with E-state index in [0.717, 1.165) is 36.8 Å². The fourth-order valence-electron chi connectivity index (χ4n) is 3.62. The van der Waals surface area contributed by atoms with E-state index in [9.17, 15) is 9.90 Å². The van der Waals surface area contributed by atoms with Crippen molar-refractivity contribution >= 4 is 5.91 Å². The van der Waals surface area contributed by atoms with Crippen LogP contribution in [0.25, 0.3) is 0 Å². The molecule has 0 saturated heterocycles. The summed E-state index contributed by atoms with van der Waals surface area (Å²) in [6, 6.07) is 7.76. The van der Waals surface area contributed by atoms with Gasteiger partial charge in [-0.1, -0.05) is 50.5 Å². The zero-order valence-corrected chi connectivity index (χ0v) is 12.1. The van der Waals surface area contributed by atoms with Crippen molar-refractivity contribution in [1.29, 1.82) is 0 Å². The molecule has 1 aromatic carbocycles. The highest BCUT2D eigenvalue weighted by molar-refractivity contribution is 5.83. The van der Waals surface area contributed by atoms with Crippen molar-refractivity contribution in [3.63, 3.8) is 0 Å². The van der Waals surface area contributed by atoms with Crippen molar-refractivity contribution in [3.05, 3.63) is 35.4 Å². The van der Waals surface area contributed by atoms with E-state index in [1.807, 2.05) is 24.3 Å². The number of hydrogen-bond acceptors (Lipinski definition) is 2. The fourth-order valence-corrected chi connectivity index (χ4v) is 3.62. The summed E-state index contributed by atoms with van der Waals surface area (Å²) in [5.74, 6) is 0.109. The van der Waals surface area contributed by atoms with E-state index in [-0.39, 0.29) is 17.4 Å². The van der Waals surface area contributed by atoms with Crippen LogP contribution >= 0.6 is 0 Å². The number of aliphatic hydroxyl groups excluding tert-OH is 1. The van der Waals surface area contributed by atoms with Gasteiger partial charge >= 0.3 is 0 Å². The minimum absolute atomic E-state index is 0.109. The average molecular weight is 273 g/mol. The number of carbonyl (C=O) groups is 1. The van der Waals surface area contributed by atoms with Gasteiger partial charge in [0.25, 0.3) is 0 Å². The van der Waals surface area contributed by atoms with Gasteiger partial charge in [0.15, 0.2) is 0 Å². The number of aliphatic hydroxyl groups is 1. The van der Waals surface area contributed by atoms with Crippen LogP contribution < -0.4 is 5.32 Å². The van der Waals surface area contributed by atoms with E-state index in [4.69, 9.17) is 0 Å². The Hall–Kier alpha value is -1.35. The Balaban J connectivity index is 1.76. The van der Waals surface area contributed by atoms with Crippen molar-refractivity contribution < 1.29 is 9.90 Å². The lowest BCUT2D eigenvalue weighted by atomic mass is 9.75. The van der Waals surface area contributed by atoms with Gasteiger partial charge < -0.3 is 10.4 Å². The molecule has 2 N–H and O–H groups in total. The van der Waals surface area contributed by atoms with Gasteiger partial charge in [-0.3, -0.25) is 4.79 Å². The second-order valence-corrected chi connectivity index (χ2v) is 6.54. The van der Waals surface area contributed by atoms with E-state index < -0.39 is 6.10 Å². The van der Waals surface area contributed by atoms with Crippen molar-refractivity contribution in [1.82, 2.24) is 5.32 Å². The first kappa shape index (κ1) is 13.6. The van der Waals surface area contributed by atoms with Crippen LogP contribution in [0.1, 0.15) is 56.2 Å². The van der Waals surface area contributed by atoms with Crippen LogP contribution in [0, 0.1) is 5.41 Å². The maximum Gasteiger partial charge on any atom is 0.226 e. The lowest BCUT2D eigenvalue weighted by Crippen LogP contribution is -2.44. The molecule has 0 spiro atoms. The maximum absolute atomic E-state index is 12.6. The van der Waals surface area contributed by atoms with Gasteiger partial charge in [-0.25, -0.2) is 0 Å². The SMILES string of the molecule is CC1(C(=O)N[C@H]2c3ccccc3C[C@H]2O)CCCCC1. The number of amides is 1. The summed E-state index contributed by atoms with van der Waals surface area (Å²) in [6.45, 7) is 2.06. The third kappa shape index (κ3) is 2.35. The first-order chi connectivity index (χ1) is 9.60. The molecule has 2 atom stereocenters. The zero-order chi connectivity index (χ0) is 14.2. The standard InChI is InChI=1S/C17H23NO2/c1-17(9-5-2-6-10-17)16(20)18-15-13-8-4-3-7-12(13)11-14(15)19/h3-4,7-8,14-15,19H,2,5-6,9-11H2,1H3,(H,18,20)/t14-,15+/m1/s1. The molecule has 3 rings (SSSR count). The molecule has 1 fully saturated rings. The second kappa shape index (κ2) is 5.21. The summed E-state index contributed by atoms with van der Waals surface area (Å²) >= 11 is 0. The minimum Gasteiger partial charge on any atom is -0.390 e. The van der Waals surface area contributed by atoms with Gasteiger partial charge in [0.05, 0.1) is 12.1 Å². The van der Waals surface area contributed by atoms with Crippen molar-refractivity contribution in [3.8, 4) is 0 Å². The zero-order valence-electron chi connectivity index (χ0n) is 12.1. The quantitative estimate of drug-likeness (QED) is 0.870.